The van der Waals surface area contributed by atoms with E-state index in [4.69, 9.17) is 0 Å². The SMILES string of the molecule is CC(NC(=O)CN1C(=O)CN(C2CC2)C1=O)c1ccc(F)cc1. The molecule has 1 atom stereocenters. The van der Waals surface area contributed by atoms with E-state index < -0.39 is 5.91 Å². The second-order valence-electron chi connectivity index (χ2n) is 5.96. The molecule has 1 aromatic rings. The van der Waals surface area contributed by atoms with Gasteiger partial charge in [0.25, 0.3) is 5.91 Å². The molecule has 0 radical (unpaired) electrons. The molecule has 1 saturated heterocycles. The van der Waals surface area contributed by atoms with Crippen LogP contribution in [-0.4, -0.2) is 46.8 Å². The molecule has 3 rings (SSSR count). The molecule has 4 amide bonds. The second kappa shape index (κ2) is 5.98. The van der Waals surface area contributed by atoms with Gasteiger partial charge in [0.1, 0.15) is 18.9 Å². The normalized spacial score (nSPS) is 19.2. The highest BCUT2D eigenvalue weighted by atomic mass is 19.1. The van der Waals surface area contributed by atoms with Gasteiger partial charge in [-0.15, -0.1) is 0 Å². The van der Waals surface area contributed by atoms with Gasteiger partial charge in [-0.25, -0.2) is 9.18 Å². The quantitative estimate of drug-likeness (QED) is 0.835. The van der Waals surface area contributed by atoms with Gasteiger partial charge in [0, 0.05) is 6.04 Å². The van der Waals surface area contributed by atoms with Crippen LogP contribution in [0.25, 0.3) is 0 Å². The number of halogens is 1. The van der Waals surface area contributed by atoms with E-state index in [1.54, 1.807) is 19.1 Å². The first-order valence-corrected chi connectivity index (χ1v) is 7.61. The number of amides is 4. The summed E-state index contributed by atoms with van der Waals surface area (Å²) in [5, 5.41) is 2.72. The van der Waals surface area contributed by atoms with Gasteiger partial charge in [0.2, 0.25) is 5.91 Å². The number of nitrogens with one attached hydrogen (secondary N) is 1. The average molecular weight is 319 g/mol. The lowest BCUT2D eigenvalue weighted by Crippen LogP contribution is -2.42. The molecule has 1 N–H and O–H groups in total. The monoisotopic (exact) mass is 319 g/mol. The van der Waals surface area contributed by atoms with Crippen LogP contribution >= 0.6 is 0 Å². The van der Waals surface area contributed by atoms with Gasteiger partial charge in [-0.3, -0.25) is 14.5 Å². The minimum absolute atomic E-state index is 0.0598. The van der Waals surface area contributed by atoms with Gasteiger partial charge in [0.05, 0.1) is 6.04 Å². The molecule has 122 valence electrons. The molecule has 0 aromatic heterocycles. The van der Waals surface area contributed by atoms with Gasteiger partial charge >= 0.3 is 6.03 Å². The fourth-order valence-corrected chi connectivity index (χ4v) is 2.65. The fraction of sp³-hybridized carbons (Fsp3) is 0.438. The first-order chi connectivity index (χ1) is 11.0. The molecule has 1 aliphatic heterocycles. The van der Waals surface area contributed by atoms with Gasteiger partial charge in [-0.2, -0.15) is 0 Å². The molecule has 1 aliphatic carbocycles. The Morgan fingerprint density at radius 2 is 1.96 bits per heavy atom. The number of urea groups is 1. The molecule has 2 fully saturated rings. The van der Waals surface area contributed by atoms with Crippen LogP contribution in [-0.2, 0) is 9.59 Å². The zero-order chi connectivity index (χ0) is 16.6. The zero-order valence-corrected chi connectivity index (χ0v) is 12.8. The zero-order valence-electron chi connectivity index (χ0n) is 12.8. The van der Waals surface area contributed by atoms with E-state index >= 15 is 0 Å². The molecule has 1 unspecified atom stereocenters. The molecule has 7 heteroatoms. The molecule has 1 heterocycles. The van der Waals surface area contributed by atoms with Crippen LogP contribution in [0.15, 0.2) is 24.3 Å². The topological polar surface area (TPSA) is 69.7 Å². The predicted octanol–water partition coefficient (Wildman–Crippen LogP) is 1.43. The number of carbonyl (C=O) groups is 3. The third-order valence-corrected chi connectivity index (χ3v) is 4.12. The Bertz CT molecular complexity index is 642. The first kappa shape index (κ1) is 15.5. The highest BCUT2D eigenvalue weighted by Crippen LogP contribution is 2.30. The van der Waals surface area contributed by atoms with E-state index in [0.717, 1.165) is 23.3 Å². The summed E-state index contributed by atoms with van der Waals surface area (Å²) in [7, 11) is 0. The van der Waals surface area contributed by atoms with E-state index in [1.807, 2.05) is 0 Å². The maximum Gasteiger partial charge on any atom is 0.327 e. The number of nitrogens with zero attached hydrogens (tertiary/aromatic N) is 2. The van der Waals surface area contributed by atoms with Crippen LogP contribution in [0.2, 0.25) is 0 Å². The number of carbonyl (C=O) groups excluding carboxylic acids is 3. The van der Waals surface area contributed by atoms with Crippen molar-refractivity contribution in [3.63, 3.8) is 0 Å². The van der Waals surface area contributed by atoms with E-state index in [2.05, 4.69) is 5.32 Å². The predicted molar refractivity (Wildman–Crippen MR) is 79.8 cm³/mol. The van der Waals surface area contributed by atoms with Crippen molar-refractivity contribution in [3.05, 3.63) is 35.6 Å². The number of hydrogen-bond donors (Lipinski definition) is 1. The number of benzene rings is 1. The summed E-state index contributed by atoms with van der Waals surface area (Å²) in [4.78, 5) is 38.6. The lowest BCUT2D eigenvalue weighted by atomic mass is 10.1. The maximum atomic E-state index is 12.9. The lowest BCUT2D eigenvalue weighted by molar-refractivity contribution is -0.131. The molecule has 6 nitrogen and oxygen atoms in total. The second-order valence-corrected chi connectivity index (χ2v) is 5.96. The first-order valence-electron chi connectivity index (χ1n) is 7.61. The van der Waals surface area contributed by atoms with Crippen molar-refractivity contribution in [2.75, 3.05) is 13.1 Å². The Hall–Kier alpha value is -2.44. The average Bonchev–Trinajstić information content (AvgIpc) is 3.30. The third-order valence-electron chi connectivity index (χ3n) is 4.12. The Balaban J connectivity index is 1.57. The standard InChI is InChI=1S/C16H18FN3O3/c1-10(11-2-4-12(17)5-3-11)18-14(21)8-20-15(22)9-19(16(20)23)13-6-7-13/h2-5,10,13H,6-9H2,1H3,(H,18,21). The molecular weight excluding hydrogens is 301 g/mol. The van der Waals surface area contributed by atoms with Crippen molar-refractivity contribution in [1.82, 2.24) is 15.1 Å². The molecule has 1 aromatic carbocycles. The molecule has 1 saturated carbocycles. The van der Waals surface area contributed by atoms with Crippen molar-refractivity contribution in [2.24, 2.45) is 0 Å². The summed E-state index contributed by atoms with van der Waals surface area (Å²) in [6.45, 7) is 1.53. The van der Waals surface area contributed by atoms with Crippen molar-refractivity contribution >= 4 is 17.8 Å². The molecule has 2 aliphatic rings. The summed E-state index contributed by atoms with van der Waals surface area (Å²) in [5.74, 6) is -1.10. The Labute approximate surface area is 133 Å². The van der Waals surface area contributed by atoms with E-state index in [0.29, 0.717) is 0 Å². The van der Waals surface area contributed by atoms with Crippen LogP contribution < -0.4 is 5.32 Å². The smallest absolute Gasteiger partial charge is 0.327 e. The van der Waals surface area contributed by atoms with Crippen LogP contribution in [0.3, 0.4) is 0 Å². The van der Waals surface area contributed by atoms with Gasteiger partial charge in [0.15, 0.2) is 0 Å². The highest BCUT2D eigenvalue weighted by molar-refractivity contribution is 6.04. The van der Waals surface area contributed by atoms with Crippen LogP contribution in [0.4, 0.5) is 9.18 Å². The number of imide groups is 1. The van der Waals surface area contributed by atoms with Crippen molar-refractivity contribution in [3.8, 4) is 0 Å². The minimum Gasteiger partial charge on any atom is -0.348 e. The van der Waals surface area contributed by atoms with Crippen LogP contribution in [0, 0.1) is 5.82 Å². The van der Waals surface area contributed by atoms with Crippen molar-refractivity contribution < 1.29 is 18.8 Å². The summed E-state index contributed by atoms with van der Waals surface area (Å²) in [6.07, 6.45) is 1.83. The van der Waals surface area contributed by atoms with E-state index in [9.17, 15) is 18.8 Å². The van der Waals surface area contributed by atoms with Crippen molar-refractivity contribution in [1.29, 1.82) is 0 Å². The Kier molecular flexibility index (Phi) is 4.02. The third kappa shape index (κ3) is 3.33. The van der Waals surface area contributed by atoms with Gasteiger partial charge in [-0.05, 0) is 37.5 Å². The summed E-state index contributed by atoms with van der Waals surface area (Å²) in [6, 6.07) is 5.23. The summed E-state index contributed by atoms with van der Waals surface area (Å²) >= 11 is 0. The van der Waals surface area contributed by atoms with Crippen LogP contribution in [0.5, 0.6) is 0 Å². The Morgan fingerprint density at radius 1 is 1.30 bits per heavy atom. The number of rotatable bonds is 5. The number of hydrogen-bond acceptors (Lipinski definition) is 3. The van der Waals surface area contributed by atoms with Gasteiger partial charge < -0.3 is 10.2 Å². The van der Waals surface area contributed by atoms with Gasteiger partial charge in [-0.1, -0.05) is 12.1 Å². The molecule has 0 bridgehead atoms. The lowest BCUT2D eigenvalue weighted by Gasteiger charge is -2.18. The highest BCUT2D eigenvalue weighted by Gasteiger charge is 2.44. The Morgan fingerprint density at radius 3 is 2.57 bits per heavy atom. The van der Waals surface area contributed by atoms with E-state index in [1.165, 1.54) is 17.0 Å². The van der Waals surface area contributed by atoms with E-state index in [-0.39, 0.29) is 42.9 Å². The summed E-state index contributed by atoms with van der Waals surface area (Å²) in [5.41, 5.74) is 0.749. The van der Waals surface area contributed by atoms with Crippen LogP contribution in [0.1, 0.15) is 31.4 Å². The maximum absolute atomic E-state index is 12.9. The molecule has 23 heavy (non-hydrogen) atoms. The molecular formula is C16H18FN3O3. The van der Waals surface area contributed by atoms with Crippen molar-refractivity contribution in [2.45, 2.75) is 31.8 Å². The minimum atomic E-state index is -0.416. The fourth-order valence-electron chi connectivity index (χ4n) is 2.65. The molecule has 0 spiro atoms. The largest absolute Gasteiger partial charge is 0.348 e. The summed E-state index contributed by atoms with van der Waals surface area (Å²) < 4.78 is 12.9.